The highest BCUT2D eigenvalue weighted by molar-refractivity contribution is 6.09. The summed E-state index contributed by atoms with van der Waals surface area (Å²) in [6.45, 7) is 2.21. The van der Waals surface area contributed by atoms with E-state index < -0.39 is 23.9 Å². The number of hydrogen-bond donors (Lipinski definition) is 4. The molecule has 2 aromatic rings. The highest BCUT2D eigenvalue weighted by Gasteiger charge is 2.16. The van der Waals surface area contributed by atoms with E-state index in [1.165, 1.54) is 0 Å². The van der Waals surface area contributed by atoms with E-state index in [0.29, 0.717) is 29.7 Å². The van der Waals surface area contributed by atoms with Crippen LogP contribution in [0.2, 0.25) is 0 Å². The molecule has 0 aliphatic heterocycles. The van der Waals surface area contributed by atoms with Crippen molar-refractivity contribution in [3.63, 3.8) is 0 Å². The molecule has 0 bridgehead atoms. The standard InChI is InChI=1S/C16H14O3.C6H14N2O2/c1-11(16(18)19)13-8-5-9-14(10-13)15(17)12-6-3-2-4-7-12;7-4-2-1-3-5(8)6(9)10/h2-11H,1H3,(H,18,19);5H,1-4,7-8H2,(H,9,10)/t;5-/m.1/s1. The zero-order valence-electron chi connectivity index (χ0n) is 16.5. The molecule has 7 nitrogen and oxygen atoms in total. The van der Waals surface area contributed by atoms with Gasteiger partial charge < -0.3 is 21.7 Å². The van der Waals surface area contributed by atoms with Crippen LogP contribution in [0.4, 0.5) is 0 Å². The lowest BCUT2D eigenvalue weighted by Gasteiger charge is -2.08. The Bertz CT molecular complexity index is 808. The van der Waals surface area contributed by atoms with Crippen molar-refractivity contribution in [2.24, 2.45) is 11.5 Å². The van der Waals surface area contributed by atoms with Gasteiger partial charge in [-0.3, -0.25) is 14.4 Å². The molecule has 2 rings (SSSR count). The molecule has 29 heavy (non-hydrogen) atoms. The second-order valence-electron chi connectivity index (χ2n) is 6.61. The van der Waals surface area contributed by atoms with Crippen LogP contribution in [0.25, 0.3) is 0 Å². The van der Waals surface area contributed by atoms with Crippen molar-refractivity contribution in [2.45, 2.75) is 38.1 Å². The van der Waals surface area contributed by atoms with Crippen LogP contribution in [0.5, 0.6) is 0 Å². The Labute approximate surface area is 170 Å². The summed E-state index contributed by atoms with van der Waals surface area (Å²) in [5, 5.41) is 17.3. The second-order valence-corrected chi connectivity index (χ2v) is 6.61. The van der Waals surface area contributed by atoms with Gasteiger partial charge >= 0.3 is 11.9 Å². The molecule has 0 aromatic heterocycles. The quantitative estimate of drug-likeness (QED) is 0.374. The molecule has 0 fully saturated rings. The van der Waals surface area contributed by atoms with Crippen LogP contribution in [0.15, 0.2) is 54.6 Å². The predicted molar refractivity (Wildman–Crippen MR) is 111 cm³/mol. The van der Waals surface area contributed by atoms with Crippen molar-refractivity contribution in [3.8, 4) is 0 Å². The summed E-state index contributed by atoms with van der Waals surface area (Å²) in [7, 11) is 0. The summed E-state index contributed by atoms with van der Waals surface area (Å²) < 4.78 is 0. The molecule has 156 valence electrons. The fraction of sp³-hybridized carbons (Fsp3) is 0.318. The van der Waals surface area contributed by atoms with E-state index in [-0.39, 0.29) is 5.78 Å². The smallest absolute Gasteiger partial charge is 0.320 e. The van der Waals surface area contributed by atoms with Crippen LogP contribution >= 0.6 is 0 Å². The molecular weight excluding hydrogens is 372 g/mol. The van der Waals surface area contributed by atoms with Gasteiger partial charge in [-0.2, -0.15) is 0 Å². The van der Waals surface area contributed by atoms with Gasteiger partial charge in [0.25, 0.3) is 0 Å². The van der Waals surface area contributed by atoms with Gasteiger partial charge in [0.15, 0.2) is 5.78 Å². The molecular formula is C22H28N2O5. The van der Waals surface area contributed by atoms with Crippen molar-refractivity contribution in [3.05, 3.63) is 71.3 Å². The summed E-state index contributed by atoms with van der Waals surface area (Å²) in [5.41, 5.74) is 12.2. The first-order chi connectivity index (χ1) is 13.8. The molecule has 0 radical (unpaired) electrons. The molecule has 0 heterocycles. The lowest BCUT2D eigenvalue weighted by atomic mass is 9.96. The maximum atomic E-state index is 12.2. The van der Waals surface area contributed by atoms with Crippen LogP contribution in [0, 0.1) is 0 Å². The number of carboxylic acids is 2. The zero-order chi connectivity index (χ0) is 21.8. The van der Waals surface area contributed by atoms with Crippen molar-refractivity contribution in [2.75, 3.05) is 6.54 Å². The Balaban J connectivity index is 0.000000359. The van der Waals surface area contributed by atoms with Crippen molar-refractivity contribution >= 4 is 17.7 Å². The molecule has 0 spiro atoms. The number of unbranched alkanes of at least 4 members (excludes halogenated alkanes) is 1. The molecule has 6 N–H and O–H groups in total. The number of rotatable bonds is 9. The SMILES string of the molecule is CC(C(=O)O)c1cccc(C(=O)c2ccccc2)c1.NCCCC[C@@H](N)C(=O)O. The van der Waals surface area contributed by atoms with Gasteiger partial charge in [-0.1, -0.05) is 55.0 Å². The number of carbonyl (C=O) groups is 3. The largest absolute Gasteiger partial charge is 0.481 e. The van der Waals surface area contributed by atoms with E-state index in [9.17, 15) is 14.4 Å². The molecule has 0 saturated carbocycles. The van der Waals surface area contributed by atoms with Gasteiger partial charge in [-0.25, -0.2) is 0 Å². The van der Waals surface area contributed by atoms with E-state index in [1.807, 2.05) is 6.07 Å². The van der Waals surface area contributed by atoms with Crippen LogP contribution in [-0.4, -0.2) is 40.5 Å². The number of carboxylic acid groups (broad SMARTS) is 2. The third kappa shape index (κ3) is 8.25. The highest BCUT2D eigenvalue weighted by Crippen LogP contribution is 2.18. The van der Waals surface area contributed by atoms with E-state index in [2.05, 4.69) is 0 Å². The van der Waals surface area contributed by atoms with Crippen LogP contribution in [0.3, 0.4) is 0 Å². The first-order valence-corrected chi connectivity index (χ1v) is 9.38. The van der Waals surface area contributed by atoms with Gasteiger partial charge in [-0.15, -0.1) is 0 Å². The molecule has 7 heteroatoms. The molecule has 0 aliphatic rings. The van der Waals surface area contributed by atoms with Gasteiger partial charge in [0, 0.05) is 11.1 Å². The first-order valence-electron chi connectivity index (χ1n) is 9.38. The lowest BCUT2D eigenvalue weighted by molar-refractivity contribution is -0.139. The third-order valence-corrected chi connectivity index (χ3v) is 4.34. The summed E-state index contributed by atoms with van der Waals surface area (Å²) in [6.07, 6.45) is 2.16. The monoisotopic (exact) mass is 400 g/mol. The Morgan fingerprint density at radius 3 is 2.07 bits per heavy atom. The maximum Gasteiger partial charge on any atom is 0.320 e. The fourth-order valence-electron chi connectivity index (χ4n) is 2.48. The van der Waals surface area contributed by atoms with Gasteiger partial charge in [0.1, 0.15) is 6.04 Å². The Morgan fingerprint density at radius 1 is 0.897 bits per heavy atom. The normalized spacial score (nSPS) is 12.2. The minimum atomic E-state index is -0.933. The van der Waals surface area contributed by atoms with Crippen molar-refractivity contribution in [1.82, 2.24) is 0 Å². The summed E-state index contributed by atoms with van der Waals surface area (Å²) in [6, 6.07) is 15.0. The minimum absolute atomic E-state index is 0.0972. The number of aliphatic carboxylic acids is 2. The number of carbonyl (C=O) groups excluding carboxylic acids is 1. The van der Waals surface area contributed by atoms with E-state index in [0.717, 1.165) is 12.8 Å². The third-order valence-electron chi connectivity index (χ3n) is 4.34. The molecule has 0 saturated heterocycles. The van der Waals surface area contributed by atoms with Gasteiger partial charge in [0.2, 0.25) is 0 Å². The maximum absolute atomic E-state index is 12.2. The van der Waals surface area contributed by atoms with Gasteiger partial charge in [0.05, 0.1) is 5.92 Å². The van der Waals surface area contributed by atoms with Crippen LogP contribution in [0.1, 0.15) is 53.6 Å². The average molecular weight is 400 g/mol. The first kappa shape index (κ1) is 24.0. The number of nitrogens with two attached hydrogens (primary N) is 2. The minimum Gasteiger partial charge on any atom is -0.481 e. The number of benzene rings is 2. The lowest BCUT2D eigenvalue weighted by Crippen LogP contribution is -2.29. The van der Waals surface area contributed by atoms with Gasteiger partial charge in [-0.05, 0) is 37.9 Å². The molecule has 2 atom stereocenters. The Morgan fingerprint density at radius 2 is 1.52 bits per heavy atom. The van der Waals surface area contributed by atoms with E-state index >= 15 is 0 Å². The number of ketones is 1. The average Bonchev–Trinajstić information content (AvgIpc) is 2.73. The predicted octanol–water partition coefficient (Wildman–Crippen LogP) is 2.63. The van der Waals surface area contributed by atoms with E-state index in [1.54, 1.807) is 55.5 Å². The molecule has 0 amide bonds. The van der Waals surface area contributed by atoms with Crippen molar-refractivity contribution < 1.29 is 24.6 Å². The Hall–Kier alpha value is -3.03. The second kappa shape index (κ2) is 12.4. The summed E-state index contributed by atoms with van der Waals surface area (Å²) in [5.74, 6) is -2.55. The molecule has 1 unspecified atom stereocenters. The molecule has 2 aromatic carbocycles. The molecule has 0 aliphatic carbocycles. The summed E-state index contributed by atoms with van der Waals surface area (Å²) in [4.78, 5) is 33.3. The number of hydrogen-bond acceptors (Lipinski definition) is 5. The van der Waals surface area contributed by atoms with Crippen LogP contribution in [-0.2, 0) is 9.59 Å². The topological polar surface area (TPSA) is 144 Å². The zero-order valence-corrected chi connectivity index (χ0v) is 16.5. The van der Waals surface area contributed by atoms with E-state index in [4.69, 9.17) is 21.7 Å². The Kier molecular flexibility index (Phi) is 10.3. The highest BCUT2D eigenvalue weighted by atomic mass is 16.4. The van der Waals surface area contributed by atoms with Crippen molar-refractivity contribution in [1.29, 1.82) is 0 Å². The van der Waals surface area contributed by atoms with Crippen LogP contribution < -0.4 is 11.5 Å². The fourth-order valence-corrected chi connectivity index (χ4v) is 2.48. The summed E-state index contributed by atoms with van der Waals surface area (Å²) >= 11 is 0.